The number of alkyl halides is 23. The van der Waals surface area contributed by atoms with Gasteiger partial charge < -0.3 is 18.4 Å². The van der Waals surface area contributed by atoms with Crippen molar-refractivity contribution < 1.29 is 124 Å². The van der Waals surface area contributed by atoms with Crippen molar-refractivity contribution in [2.24, 2.45) is 0 Å². The average Bonchev–Trinajstić information content (AvgIpc) is 3.25. The third-order valence-electron chi connectivity index (χ3n) is 9.19. The number of carbonyl (C=O) groups is 1. The molecular formula is C39H33F23O5S. The molecule has 0 aliphatic rings. The minimum Gasteiger partial charge on any atom is -0.493 e. The first kappa shape index (κ1) is 57.6. The van der Waals surface area contributed by atoms with Gasteiger partial charge in [-0.15, -0.1) is 0 Å². The van der Waals surface area contributed by atoms with E-state index in [1.807, 2.05) is 0 Å². The lowest BCUT2D eigenvalue weighted by Crippen LogP contribution is -2.78. The zero-order valence-corrected chi connectivity index (χ0v) is 35.1. The summed E-state index contributed by atoms with van der Waals surface area (Å²) in [5.41, 5.74) is 0. The Morgan fingerprint density at radius 3 is 1.03 bits per heavy atom. The minimum atomic E-state index is -9.61. The molecule has 0 aliphatic carbocycles. The SMILES string of the molecule is CCCOc1cc(OCCC)c(S(OC(=O)C(F)(F)C(F)(F)C(F)(F)C(F)(F)C(F)(F)C(F)(F)C(F)(F)C(F)(F)C(F)(F)C(F)(F)C(F)(F)F)(c2ccccc2)c2ccccc2)c(OCCC)c1. The summed E-state index contributed by atoms with van der Waals surface area (Å²) in [7, 11) is -4.80. The Morgan fingerprint density at radius 2 is 0.721 bits per heavy atom. The number of hydrogen-bond acceptors (Lipinski definition) is 5. The van der Waals surface area contributed by atoms with Crippen molar-refractivity contribution in [2.45, 2.75) is 120 Å². The quantitative estimate of drug-likeness (QED) is 0.0886. The second-order valence-electron chi connectivity index (χ2n) is 14.1. The molecule has 0 unspecified atom stereocenters. The second kappa shape index (κ2) is 19.2. The second-order valence-corrected chi connectivity index (χ2v) is 16.7. The third-order valence-corrected chi connectivity index (χ3v) is 12.4. The molecule has 0 bridgehead atoms. The van der Waals surface area contributed by atoms with Gasteiger partial charge in [0.2, 0.25) is 0 Å². The number of benzene rings is 3. The fourth-order valence-electron chi connectivity index (χ4n) is 5.56. The van der Waals surface area contributed by atoms with E-state index < -0.39 is 108 Å². The highest BCUT2D eigenvalue weighted by atomic mass is 32.3. The standard InChI is InChI=1S/C39H33F23O5S/c1-4-17-64-22-20-25(65-18-5-2)27(26(21-22)66-19-6-3)68(23-13-9-7-10-14-23,24-15-11-8-12-16-24)67-28(63)29(40,41)30(42,43)31(44,45)32(46,47)33(48,49)34(50,51)35(52,53)36(54,55)37(56,57)38(58,59)39(60,61)62/h7-16,20-21H,4-6,17-19H2,1-3H3. The summed E-state index contributed by atoms with van der Waals surface area (Å²) < 4.78 is 351. The van der Waals surface area contributed by atoms with E-state index in [9.17, 15) is 79.4 Å². The van der Waals surface area contributed by atoms with Crippen LogP contribution in [0.15, 0.2) is 87.5 Å². The fourth-order valence-corrected chi connectivity index (χ4v) is 8.80. The summed E-state index contributed by atoms with van der Waals surface area (Å²) in [4.78, 5) is 11.7. The van der Waals surface area contributed by atoms with Crippen molar-refractivity contribution in [1.29, 1.82) is 0 Å². The van der Waals surface area contributed by atoms with Gasteiger partial charge in [-0.1, -0.05) is 57.2 Å². The minimum absolute atomic E-state index is 0.0458. The summed E-state index contributed by atoms with van der Waals surface area (Å²) in [6.07, 6.45) is -7.64. The lowest BCUT2D eigenvalue weighted by atomic mass is 9.85. The third kappa shape index (κ3) is 8.88. The van der Waals surface area contributed by atoms with E-state index >= 15 is 26.3 Å². The predicted molar refractivity (Wildman–Crippen MR) is 191 cm³/mol. The molecular weight excluding hydrogens is 1020 g/mol. The van der Waals surface area contributed by atoms with Gasteiger partial charge in [0.1, 0.15) is 22.1 Å². The average molecular weight is 1050 g/mol. The first-order valence-corrected chi connectivity index (χ1v) is 20.4. The van der Waals surface area contributed by atoms with Crippen molar-refractivity contribution in [3.63, 3.8) is 0 Å². The Morgan fingerprint density at radius 1 is 0.426 bits per heavy atom. The molecule has 3 aromatic carbocycles. The predicted octanol–water partition coefficient (Wildman–Crippen LogP) is 14.7. The molecule has 0 fully saturated rings. The van der Waals surface area contributed by atoms with Crippen LogP contribution in [0.4, 0.5) is 101 Å². The van der Waals surface area contributed by atoms with E-state index in [0.717, 1.165) is 60.7 Å². The molecule has 0 saturated carbocycles. The topological polar surface area (TPSA) is 54.0 Å². The molecule has 0 N–H and O–H groups in total. The zero-order chi connectivity index (χ0) is 52.6. The Hall–Kier alpha value is -4.73. The number of halogens is 23. The molecule has 0 spiro atoms. The Bertz CT molecular complexity index is 2120. The Kier molecular flexibility index (Phi) is 16.3. The number of rotatable bonds is 23. The number of hydrogen-bond donors (Lipinski definition) is 0. The van der Waals surface area contributed by atoms with Crippen LogP contribution < -0.4 is 14.2 Å². The van der Waals surface area contributed by atoms with Crippen molar-refractivity contribution in [3.8, 4) is 17.2 Å². The smallest absolute Gasteiger partial charge is 0.460 e. The first-order valence-electron chi connectivity index (χ1n) is 18.9. The maximum Gasteiger partial charge on any atom is 0.460 e. The highest BCUT2D eigenvalue weighted by Crippen LogP contribution is 2.75. The van der Waals surface area contributed by atoms with Crippen LogP contribution in [0.1, 0.15) is 40.0 Å². The molecule has 0 amide bonds. The monoisotopic (exact) mass is 1050 g/mol. The van der Waals surface area contributed by atoms with Crippen LogP contribution in [-0.2, 0) is 8.98 Å². The molecule has 68 heavy (non-hydrogen) atoms. The maximum atomic E-state index is 15.9. The molecule has 0 heterocycles. The highest BCUT2D eigenvalue weighted by molar-refractivity contribution is 8.30. The number of carbonyl (C=O) groups excluding carboxylic acids is 1. The van der Waals surface area contributed by atoms with Gasteiger partial charge in [-0.3, -0.25) is 0 Å². The van der Waals surface area contributed by atoms with Crippen molar-refractivity contribution in [3.05, 3.63) is 72.8 Å². The molecule has 29 heteroatoms. The van der Waals surface area contributed by atoms with Crippen molar-refractivity contribution in [2.75, 3.05) is 19.8 Å². The van der Waals surface area contributed by atoms with E-state index in [4.69, 9.17) is 18.4 Å². The summed E-state index contributed by atoms with van der Waals surface area (Å²) >= 11 is 0. The summed E-state index contributed by atoms with van der Waals surface area (Å²) in [6.45, 7) is 3.92. The Balaban J connectivity index is 2.41. The lowest BCUT2D eigenvalue weighted by molar-refractivity contribution is -0.477. The molecule has 0 saturated heterocycles. The van der Waals surface area contributed by atoms with E-state index in [0.29, 0.717) is 6.42 Å². The van der Waals surface area contributed by atoms with Gasteiger partial charge in [0.15, 0.2) is 0 Å². The first-order chi connectivity index (χ1) is 30.8. The van der Waals surface area contributed by atoms with Gasteiger partial charge >= 0.3 is 71.4 Å². The van der Waals surface area contributed by atoms with E-state index in [2.05, 4.69) is 0 Å². The number of ether oxygens (including phenoxy) is 3. The van der Waals surface area contributed by atoms with Crippen LogP contribution in [0.25, 0.3) is 0 Å². The van der Waals surface area contributed by atoms with Gasteiger partial charge in [-0.25, -0.2) is 4.79 Å². The summed E-state index contributed by atoms with van der Waals surface area (Å²) in [6, 6.07) is 12.3. The molecule has 0 radical (unpaired) electrons. The molecule has 5 nitrogen and oxygen atoms in total. The van der Waals surface area contributed by atoms with Crippen LogP contribution >= 0.6 is 10.3 Å². The van der Waals surface area contributed by atoms with Gasteiger partial charge in [0.25, 0.3) is 0 Å². The van der Waals surface area contributed by atoms with Gasteiger partial charge in [0, 0.05) is 32.2 Å². The maximum absolute atomic E-state index is 15.9. The van der Waals surface area contributed by atoms with Crippen LogP contribution in [0.5, 0.6) is 17.2 Å². The molecule has 0 aliphatic heterocycles. The van der Waals surface area contributed by atoms with Crippen molar-refractivity contribution in [1.82, 2.24) is 0 Å². The van der Waals surface area contributed by atoms with Crippen LogP contribution in [0.2, 0.25) is 0 Å². The fraction of sp³-hybridized carbons (Fsp3) is 0.513. The van der Waals surface area contributed by atoms with Crippen LogP contribution in [0.3, 0.4) is 0 Å². The van der Waals surface area contributed by atoms with Crippen LogP contribution in [0, 0.1) is 0 Å². The summed E-state index contributed by atoms with van der Waals surface area (Å²) in [5, 5.41) is 0. The molecule has 3 aromatic rings. The normalized spacial score (nSPS) is 14.7. The molecule has 0 atom stereocenters. The van der Waals surface area contributed by atoms with Crippen molar-refractivity contribution >= 4 is 16.3 Å². The zero-order valence-electron chi connectivity index (χ0n) is 34.3. The Labute approximate surface area is 370 Å². The van der Waals surface area contributed by atoms with E-state index in [1.165, 1.54) is 26.0 Å². The van der Waals surface area contributed by atoms with Crippen LogP contribution in [-0.4, -0.2) is 91.2 Å². The van der Waals surface area contributed by atoms with Gasteiger partial charge in [-0.05, 0) is 43.5 Å². The van der Waals surface area contributed by atoms with E-state index in [-0.39, 0.29) is 38.4 Å². The largest absolute Gasteiger partial charge is 0.493 e. The van der Waals surface area contributed by atoms with E-state index in [1.54, 1.807) is 6.92 Å². The highest BCUT2D eigenvalue weighted by Gasteiger charge is 2.99. The molecule has 3 rings (SSSR count). The lowest BCUT2D eigenvalue weighted by Gasteiger charge is -2.45. The molecule has 0 aromatic heterocycles. The summed E-state index contributed by atoms with van der Waals surface area (Å²) in [5.74, 6) is -96.5. The molecule has 386 valence electrons. The van der Waals surface area contributed by atoms with Gasteiger partial charge in [-0.2, -0.15) is 101 Å². The van der Waals surface area contributed by atoms with Gasteiger partial charge in [0.05, 0.1) is 19.8 Å².